The van der Waals surface area contributed by atoms with Crippen molar-refractivity contribution < 1.29 is 13.9 Å². The lowest BCUT2D eigenvalue weighted by Gasteiger charge is -2.43. The number of hydrogen-bond acceptors (Lipinski definition) is 5. The van der Waals surface area contributed by atoms with E-state index in [9.17, 15) is 9.59 Å². The van der Waals surface area contributed by atoms with E-state index in [0.717, 1.165) is 43.7 Å². The van der Waals surface area contributed by atoms with Gasteiger partial charge < -0.3 is 19.8 Å². The zero-order valence-corrected chi connectivity index (χ0v) is 16.1. The molecule has 2 N–H and O–H groups in total. The molecule has 146 valence electrons. The Hall–Kier alpha value is -2.38. The quantitative estimate of drug-likeness (QED) is 0.788. The van der Waals surface area contributed by atoms with E-state index in [1.54, 1.807) is 12.1 Å². The third kappa shape index (κ3) is 4.48. The lowest BCUT2D eigenvalue weighted by molar-refractivity contribution is -0.0163. The largest absolute Gasteiger partial charge is 0.423 e. The van der Waals surface area contributed by atoms with Crippen molar-refractivity contribution in [3.8, 4) is 0 Å². The second-order valence-electron chi connectivity index (χ2n) is 7.22. The molecule has 1 saturated heterocycles. The van der Waals surface area contributed by atoms with E-state index in [1.807, 2.05) is 13.0 Å². The fourth-order valence-electron chi connectivity index (χ4n) is 3.41. The number of amides is 2. The Labute approximate surface area is 158 Å². The SMILES string of the molecule is CCC(C)(CNC(=O)Nc1ccc2c(C)cc(=O)oc2c1)N1CCOCC1. The van der Waals surface area contributed by atoms with Crippen LogP contribution in [-0.2, 0) is 4.74 Å². The van der Waals surface area contributed by atoms with Crippen molar-refractivity contribution in [3.05, 3.63) is 40.2 Å². The summed E-state index contributed by atoms with van der Waals surface area (Å²) in [6, 6.07) is 6.49. The van der Waals surface area contributed by atoms with Gasteiger partial charge in [0.15, 0.2) is 0 Å². The van der Waals surface area contributed by atoms with E-state index in [0.29, 0.717) is 17.8 Å². The molecular formula is C20H27N3O4. The summed E-state index contributed by atoms with van der Waals surface area (Å²) < 4.78 is 10.7. The van der Waals surface area contributed by atoms with Crippen molar-refractivity contribution >= 4 is 22.7 Å². The molecule has 1 aromatic carbocycles. The van der Waals surface area contributed by atoms with Gasteiger partial charge in [0.05, 0.1) is 13.2 Å². The van der Waals surface area contributed by atoms with Crippen LogP contribution in [0.4, 0.5) is 10.5 Å². The summed E-state index contributed by atoms with van der Waals surface area (Å²) in [6.07, 6.45) is 0.924. The fourth-order valence-corrected chi connectivity index (χ4v) is 3.41. The van der Waals surface area contributed by atoms with Crippen LogP contribution in [0.2, 0.25) is 0 Å². The average molecular weight is 373 g/mol. The maximum Gasteiger partial charge on any atom is 0.336 e. The van der Waals surface area contributed by atoms with Gasteiger partial charge >= 0.3 is 11.7 Å². The molecule has 2 amide bonds. The summed E-state index contributed by atoms with van der Waals surface area (Å²) in [5.41, 5.74) is 1.38. The molecule has 7 nitrogen and oxygen atoms in total. The fraction of sp³-hybridized carbons (Fsp3) is 0.500. The number of aryl methyl sites for hydroxylation is 1. The molecule has 1 aliphatic heterocycles. The average Bonchev–Trinajstić information content (AvgIpc) is 2.66. The summed E-state index contributed by atoms with van der Waals surface area (Å²) in [5.74, 6) is 0. The van der Waals surface area contributed by atoms with Gasteiger partial charge in [0.1, 0.15) is 5.58 Å². The van der Waals surface area contributed by atoms with Gasteiger partial charge in [-0.05, 0) is 38.0 Å². The highest BCUT2D eigenvalue weighted by Crippen LogP contribution is 2.22. The number of carbonyl (C=O) groups is 1. The molecule has 27 heavy (non-hydrogen) atoms. The number of nitrogens with zero attached hydrogens (tertiary/aromatic N) is 1. The Kier molecular flexibility index (Phi) is 5.82. The van der Waals surface area contributed by atoms with Gasteiger partial charge in [-0.25, -0.2) is 9.59 Å². The first-order valence-electron chi connectivity index (χ1n) is 9.33. The summed E-state index contributed by atoms with van der Waals surface area (Å²) in [6.45, 7) is 9.88. The van der Waals surface area contributed by atoms with Gasteiger partial charge in [-0.15, -0.1) is 0 Å². The molecule has 1 aromatic heterocycles. The molecule has 0 radical (unpaired) electrons. The summed E-state index contributed by atoms with van der Waals surface area (Å²) in [5, 5.41) is 6.64. The van der Waals surface area contributed by atoms with E-state index in [-0.39, 0.29) is 11.6 Å². The molecule has 3 rings (SSSR count). The first-order chi connectivity index (χ1) is 12.9. The molecule has 0 bridgehead atoms. The Morgan fingerprint density at radius 3 is 2.70 bits per heavy atom. The monoisotopic (exact) mass is 373 g/mol. The number of nitrogens with one attached hydrogen (secondary N) is 2. The van der Waals surface area contributed by atoms with Crippen LogP contribution >= 0.6 is 0 Å². The number of ether oxygens (including phenoxy) is 1. The van der Waals surface area contributed by atoms with Crippen molar-refractivity contribution in [2.75, 3.05) is 38.2 Å². The minimum atomic E-state index is -0.397. The van der Waals surface area contributed by atoms with Gasteiger partial charge in [0.2, 0.25) is 0 Å². The number of hydrogen-bond donors (Lipinski definition) is 2. The Bertz CT molecular complexity index is 873. The smallest absolute Gasteiger partial charge is 0.336 e. The summed E-state index contributed by atoms with van der Waals surface area (Å²) >= 11 is 0. The van der Waals surface area contributed by atoms with Crippen molar-refractivity contribution in [1.82, 2.24) is 10.2 Å². The number of morpholine rings is 1. The predicted octanol–water partition coefficient (Wildman–Crippen LogP) is 2.72. The van der Waals surface area contributed by atoms with Crippen molar-refractivity contribution in [2.45, 2.75) is 32.7 Å². The number of fused-ring (bicyclic) bond motifs is 1. The van der Waals surface area contributed by atoms with E-state index in [2.05, 4.69) is 29.4 Å². The van der Waals surface area contributed by atoms with E-state index < -0.39 is 5.63 Å². The molecule has 0 aliphatic carbocycles. The van der Waals surface area contributed by atoms with E-state index in [1.165, 1.54) is 6.07 Å². The van der Waals surface area contributed by atoms with Crippen molar-refractivity contribution in [2.24, 2.45) is 0 Å². The lowest BCUT2D eigenvalue weighted by atomic mass is 9.95. The first-order valence-corrected chi connectivity index (χ1v) is 9.33. The minimum absolute atomic E-state index is 0.117. The van der Waals surface area contributed by atoms with Crippen LogP contribution in [0.15, 0.2) is 33.5 Å². The summed E-state index contributed by atoms with van der Waals surface area (Å²) in [7, 11) is 0. The molecule has 2 aromatic rings. The highest BCUT2D eigenvalue weighted by Gasteiger charge is 2.31. The molecule has 0 spiro atoms. The number of anilines is 1. The van der Waals surface area contributed by atoms with Crippen LogP contribution < -0.4 is 16.3 Å². The highest BCUT2D eigenvalue weighted by molar-refractivity contribution is 5.92. The molecule has 2 heterocycles. The topological polar surface area (TPSA) is 83.8 Å². The zero-order chi connectivity index (χ0) is 19.4. The van der Waals surface area contributed by atoms with Gasteiger partial charge in [-0.3, -0.25) is 4.90 Å². The van der Waals surface area contributed by atoms with E-state index >= 15 is 0 Å². The maximum atomic E-state index is 12.4. The van der Waals surface area contributed by atoms with Crippen LogP contribution in [0.25, 0.3) is 11.0 Å². The molecule has 0 saturated carbocycles. The van der Waals surface area contributed by atoms with Gasteiger partial charge in [-0.2, -0.15) is 0 Å². The number of urea groups is 1. The van der Waals surface area contributed by atoms with Crippen LogP contribution in [0, 0.1) is 6.92 Å². The Morgan fingerprint density at radius 2 is 2.00 bits per heavy atom. The normalized spacial score (nSPS) is 17.4. The van der Waals surface area contributed by atoms with Gasteiger partial charge in [0, 0.05) is 48.4 Å². The highest BCUT2D eigenvalue weighted by atomic mass is 16.5. The van der Waals surface area contributed by atoms with Crippen LogP contribution in [-0.4, -0.2) is 49.3 Å². The molecule has 1 atom stereocenters. The third-order valence-electron chi connectivity index (χ3n) is 5.38. The van der Waals surface area contributed by atoms with Crippen molar-refractivity contribution in [1.29, 1.82) is 0 Å². The van der Waals surface area contributed by atoms with Crippen LogP contribution in [0.5, 0.6) is 0 Å². The van der Waals surface area contributed by atoms with Crippen LogP contribution in [0.3, 0.4) is 0 Å². The molecule has 7 heteroatoms. The standard InChI is InChI=1S/C20H27N3O4/c1-4-20(3,23-7-9-26-10-8-23)13-21-19(25)22-15-5-6-16-14(2)11-18(24)27-17(16)12-15/h5-6,11-12H,4,7-10,13H2,1-3H3,(H2,21,22,25). The van der Waals surface area contributed by atoms with E-state index in [4.69, 9.17) is 9.15 Å². The second kappa shape index (κ2) is 8.10. The predicted molar refractivity (Wildman–Crippen MR) is 105 cm³/mol. The molecular weight excluding hydrogens is 346 g/mol. The molecule has 1 fully saturated rings. The third-order valence-corrected chi connectivity index (χ3v) is 5.38. The summed E-state index contributed by atoms with van der Waals surface area (Å²) in [4.78, 5) is 26.3. The molecule has 1 unspecified atom stereocenters. The number of carbonyl (C=O) groups excluding carboxylic acids is 1. The minimum Gasteiger partial charge on any atom is -0.423 e. The second-order valence-corrected chi connectivity index (χ2v) is 7.22. The van der Waals surface area contributed by atoms with Crippen LogP contribution in [0.1, 0.15) is 25.8 Å². The number of benzene rings is 1. The number of rotatable bonds is 5. The van der Waals surface area contributed by atoms with Crippen molar-refractivity contribution in [3.63, 3.8) is 0 Å². The maximum absolute atomic E-state index is 12.4. The Balaban J connectivity index is 1.65. The lowest BCUT2D eigenvalue weighted by Crippen LogP contribution is -2.57. The first kappa shape index (κ1) is 19.4. The Morgan fingerprint density at radius 1 is 1.26 bits per heavy atom. The molecule has 1 aliphatic rings. The zero-order valence-electron chi connectivity index (χ0n) is 16.1. The van der Waals surface area contributed by atoms with Gasteiger partial charge in [0.25, 0.3) is 0 Å². The van der Waals surface area contributed by atoms with Gasteiger partial charge in [-0.1, -0.05) is 6.92 Å².